The Bertz CT molecular complexity index is 870. The summed E-state index contributed by atoms with van der Waals surface area (Å²) < 4.78 is 13.8. The summed E-state index contributed by atoms with van der Waals surface area (Å²) in [6.45, 7) is 27.3. The lowest BCUT2D eigenvalue weighted by atomic mass is 9.91. The van der Waals surface area contributed by atoms with Gasteiger partial charge in [0.2, 0.25) is 0 Å². The van der Waals surface area contributed by atoms with Crippen LogP contribution in [0.1, 0.15) is 87.5 Å². The van der Waals surface area contributed by atoms with Crippen molar-refractivity contribution in [1.29, 1.82) is 0 Å². The van der Waals surface area contributed by atoms with Crippen molar-refractivity contribution in [3.05, 3.63) is 0 Å². The number of Topliss-reactive ketones (excluding diaryl/α,β-unsaturated/α-hetero) is 1. The summed E-state index contributed by atoms with van der Waals surface area (Å²) in [6, 6.07) is 0. The lowest BCUT2D eigenvalue weighted by Gasteiger charge is -2.40. The molecule has 0 amide bonds. The van der Waals surface area contributed by atoms with E-state index < -0.39 is 16.6 Å². The average molecular weight is 517 g/mol. The molecule has 2 fully saturated rings. The molecule has 0 heterocycles. The molecule has 0 aromatic carbocycles. The molecule has 0 aliphatic heterocycles. The molecule has 5 heteroatoms. The fourth-order valence-corrected chi connectivity index (χ4v) is 7.29. The molecule has 2 aliphatic carbocycles. The van der Waals surface area contributed by atoms with Gasteiger partial charge in [0.15, 0.2) is 16.6 Å². The lowest BCUT2D eigenvalue weighted by Crippen LogP contribution is -2.45. The first-order valence-electron chi connectivity index (χ1n) is 13.7. The molecule has 0 bridgehead atoms. The fraction of sp³-hybridized carbons (Fsp3) is 0.833. The van der Waals surface area contributed by atoms with Gasteiger partial charge in [-0.05, 0) is 54.5 Å². The molecule has 35 heavy (non-hydrogen) atoms. The SMILES string of the molecule is CCC#CC[C@H](C)[C@@H](C#CC1[C@H]2CC(=O)C[C@H]2C[C@H]1O[Si](C)(C)C(C)(C)C)O[Si](C)(C)C(C)(C)C. The van der Waals surface area contributed by atoms with Crippen LogP contribution in [0.4, 0.5) is 0 Å². The highest BCUT2D eigenvalue weighted by Crippen LogP contribution is 2.50. The third-order valence-corrected chi connectivity index (χ3v) is 18.0. The maximum atomic E-state index is 12.3. The predicted molar refractivity (Wildman–Crippen MR) is 153 cm³/mol. The van der Waals surface area contributed by atoms with Crippen LogP contribution in [-0.2, 0) is 13.6 Å². The largest absolute Gasteiger partial charge is 0.413 e. The highest BCUT2D eigenvalue weighted by atomic mass is 28.4. The lowest BCUT2D eigenvalue weighted by molar-refractivity contribution is -0.118. The van der Waals surface area contributed by atoms with E-state index in [1.54, 1.807) is 0 Å². The fourth-order valence-electron chi connectivity index (χ4n) is 4.66. The van der Waals surface area contributed by atoms with Crippen LogP contribution in [0.2, 0.25) is 36.3 Å². The molecule has 198 valence electrons. The maximum Gasteiger partial charge on any atom is 0.193 e. The first-order valence-corrected chi connectivity index (χ1v) is 19.6. The summed E-state index contributed by atoms with van der Waals surface area (Å²) in [5, 5.41) is 0.269. The molecule has 0 saturated heterocycles. The van der Waals surface area contributed by atoms with Gasteiger partial charge in [-0.25, -0.2) is 0 Å². The minimum atomic E-state index is -2.00. The predicted octanol–water partition coefficient (Wildman–Crippen LogP) is 7.83. The van der Waals surface area contributed by atoms with Crippen LogP contribution in [0.3, 0.4) is 0 Å². The van der Waals surface area contributed by atoms with Gasteiger partial charge in [0, 0.05) is 37.5 Å². The summed E-state index contributed by atoms with van der Waals surface area (Å²) in [7, 11) is -3.94. The standard InChI is InChI=1S/C30H52O3Si2/c1-13-14-15-16-22(2)27(32-34(9,10)29(3,4)5)18-17-25-26-21-24(31)19-23(26)20-28(25)33-35(11,12)30(6,7)8/h22-23,25-28H,13,16,19-21H2,1-12H3/t22-,23-,25?,26-,27+,28+/m0/s1. The third-order valence-electron chi connectivity index (χ3n) is 9.07. The number of rotatable bonds is 6. The molecule has 1 unspecified atom stereocenters. The van der Waals surface area contributed by atoms with Gasteiger partial charge in [0.1, 0.15) is 11.9 Å². The number of hydrogen-bond donors (Lipinski definition) is 0. The van der Waals surface area contributed by atoms with Gasteiger partial charge in [-0.15, -0.1) is 11.8 Å². The number of fused-ring (bicyclic) bond motifs is 1. The van der Waals surface area contributed by atoms with E-state index in [0.717, 1.165) is 19.3 Å². The second-order valence-electron chi connectivity index (χ2n) is 14.0. The van der Waals surface area contributed by atoms with Gasteiger partial charge in [-0.1, -0.05) is 67.2 Å². The van der Waals surface area contributed by atoms with Crippen LogP contribution in [0.15, 0.2) is 0 Å². The van der Waals surface area contributed by atoms with Gasteiger partial charge < -0.3 is 8.85 Å². The second kappa shape index (κ2) is 11.3. The highest BCUT2D eigenvalue weighted by Gasteiger charge is 2.51. The van der Waals surface area contributed by atoms with Gasteiger partial charge >= 0.3 is 0 Å². The van der Waals surface area contributed by atoms with Crippen LogP contribution in [-0.4, -0.2) is 34.6 Å². The van der Waals surface area contributed by atoms with Crippen LogP contribution in [0.5, 0.6) is 0 Å². The molecule has 3 nitrogen and oxygen atoms in total. The Morgan fingerprint density at radius 2 is 1.57 bits per heavy atom. The molecule has 2 saturated carbocycles. The Morgan fingerprint density at radius 3 is 2.11 bits per heavy atom. The summed E-state index contributed by atoms with van der Waals surface area (Å²) in [6.07, 6.45) is 3.97. The summed E-state index contributed by atoms with van der Waals surface area (Å²) in [5.74, 6) is 15.3. The Morgan fingerprint density at radius 1 is 0.971 bits per heavy atom. The Kier molecular flexibility index (Phi) is 9.77. The molecule has 2 aliphatic rings. The van der Waals surface area contributed by atoms with Crippen molar-refractivity contribution in [2.24, 2.45) is 23.7 Å². The van der Waals surface area contributed by atoms with E-state index in [9.17, 15) is 4.79 Å². The van der Waals surface area contributed by atoms with Crippen molar-refractivity contribution in [3.8, 4) is 23.7 Å². The molecular formula is C30H52O3Si2. The number of ketones is 1. The molecule has 0 radical (unpaired) electrons. The zero-order valence-corrected chi connectivity index (χ0v) is 26.7. The highest BCUT2D eigenvalue weighted by molar-refractivity contribution is 6.74. The van der Waals surface area contributed by atoms with Crippen molar-refractivity contribution in [2.45, 2.75) is 136 Å². The summed E-state index contributed by atoms with van der Waals surface area (Å²) in [4.78, 5) is 12.3. The molecule has 2 rings (SSSR count). The normalized spacial score (nSPS) is 26.9. The van der Waals surface area contributed by atoms with E-state index in [1.807, 2.05) is 0 Å². The minimum Gasteiger partial charge on any atom is -0.413 e. The Labute approximate surface area is 219 Å². The van der Waals surface area contributed by atoms with Crippen LogP contribution in [0, 0.1) is 47.4 Å². The smallest absolute Gasteiger partial charge is 0.193 e. The van der Waals surface area contributed by atoms with Crippen molar-refractivity contribution in [1.82, 2.24) is 0 Å². The van der Waals surface area contributed by atoms with E-state index in [4.69, 9.17) is 8.85 Å². The molecule has 0 spiro atoms. The van der Waals surface area contributed by atoms with Crippen LogP contribution >= 0.6 is 0 Å². The molecule has 0 N–H and O–H groups in total. The van der Waals surface area contributed by atoms with E-state index in [-0.39, 0.29) is 34.1 Å². The molecule has 0 aromatic rings. The van der Waals surface area contributed by atoms with E-state index in [1.165, 1.54) is 0 Å². The zero-order chi connectivity index (χ0) is 26.8. The van der Waals surface area contributed by atoms with Crippen molar-refractivity contribution < 1.29 is 13.6 Å². The molecule has 6 atom stereocenters. The topological polar surface area (TPSA) is 35.5 Å². The first kappa shape index (κ1) is 30.4. The minimum absolute atomic E-state index is 0.111. The van der Waals surface area contributed by atoms with E-state index in [0.29, 0.717) is 30.5 Å². The van der Waals surface area contributed by atoms with Gasteiger partial charge in [-0.2, -0.15) is 0 Å². The van der Waals surface area contributed by atoms with Crippen molar-refractivity contribution in [2.75, 3.05) is 0 Å². The number of carbonyl (C=O) groups is 1. The summed E-state index contributed by atoms with van der Waals surface area (Å²) >= 11 is 0. The Balaban J connectivity index is 2.39. The van der Waals surface area contributed by atoms with Gasteiger partial charge in [-0.3, -0.25) is 4.79 Å². The monoisotopic (exact) mass is 516 g/mol. The maximum absolute atomic E-state index is 12.3. The zero-order valence-electron chi connectivity index (χ0n) is 24.7. The molecule has 0 aromatic heterocycles. The van der Waals surface area contributed by atoms with E-state index >= 15 is 0 Å². The number of carbonyl (C=O) groups excluding carboxylic acids is 1. The quantitative estimate of drug-likeness (QED) is 0.266. The summed E-state index contributed by atoms with van der Waals surface area (Å²) in [5.41, 5.74) is 0. The van der Waals surface area contributed by atoms with Crippen molar-refractivity contribution in [3.63, 3.8) is 0 Å². The van der Waals surface area contributed by atoms with Crippen LogP contribution in [0.25, 0.3) is 0 Å². The van der Waals surface area contributed by atoms with Crippen molar-refractivity contribution >= 4 is 22.4 Å². The number of hydrogen-bond acceptors (Lipinski definition) is 3. The second-order valence-corrected chi connectivity index (χ2v) is 23.5. The first-order chi connectivity index (χ1) is 15.9. The Hall–Kier alpha value is -0.856. The average Bonchev–Trinajstić information content (AvgIpc) is 3.18. The third kappa shape index (κ3) is 7.58. The van der Waals surface area contributed by atoms with Crippen LogP contribution < -0.4 is 0 Å². The van der Waals surface area contributed by atoms with Gasteiger partial charge in [0.05, 0.1) is 6.10 Å². The molecular weight excluding hydrogens is 464 g/mol. The van der Waals surface area contributed by atoms with E-state index in [2.05, 4.69) is 105 Å². The van der Waals surface area contributed by atoms with Gasteiger partial charge in [0.25, 0.3) is 0 Å².